The molecule has 1 saturated carbocycles. The summed E-state index contributed by atoms with van der Waals surface area (Å²) in [6, 6.07) is 9.11. The highest BCUT2D eigenvalue weighted by atomic mass is 32.2. The van der Waals surface area contributed by atoms with Crippen molar-refractivity contribution >= 4 is 9.84 Å². The third-order valence-electron chi connectivity index (χ3n) is 9.50. The highest BCUT2D eigenvalue weighted by Gasteiger charge is 2.47. The summed E-state index contributed by atoms with van der Waals surface area (Å²) < 4.78 is 28.2. The first-order chi connectivity index (χ1) is 18.2. The first kappa shape index (κ1) is 31.7. The molecule has 3 heteroatoms. The van der Waals surface area contributed by atoms with E-state index >= 15 is 0 Å². The number of hydrogen-bond acceptors (Lipinski definition) is 2. The predicted octanol–water partition coefficient (Wildman–Crippen LogP) is 10.6. The molecule has 1 unspecified atom stereocenters. The van der Waals surface area contributed by atoms with E-state index in [9.17, 15) is 8.42 Å². The van der Waals surface area contributed by atoms with Crippen LogP contribution in [-0.4, -0.2) is 13.7 Å². The van der Waals surface area contributed by atoms with Crippen LogP contribution in [0.4, 0.5) is 0 Å². The molecule has 2 aliphatic rings. The second kappa shape index (κ2) is 13.2. The van der Waals surface area contributed by atoms with Gasteiger partial charge in [-0.15, -0.1) is 0 Å². The first-order valence-corrected chi connectivity index (χ1v) is 16.7. The van der Waals surface area contributed by atoms with E-state index in [1.165, 1.54) is 47.1 Å². The van der Waals surface area contributed by atoms with Gasteiger partial charge in [0.25, 0.3) is 0 Å². The maximum absolute atomic E-state index is 14.1. The van der Waals surface area contributed by atoms with Gasteiger partial charge in [-0.3, -0.25) is 0 Å². The van der Waals surface area contributed by atoms with Crippen LogP contribution < -0.4 is 0 Å². The molecule has 3 rings (SSSR count). The summed E-state index contributed by atoms with van der Waals surface area (Å²) in [5, 5.41) is -0.528. The molecule has 3 atom stereocenters. The molecule has 0 radical (unpaired) electrons. The summed E-state index contributed by atoms with van der Waals surface area (Å²) in [5.41, 5.74) is 7.42. The van der Waals surface area contributed by atoms with Crippen molar-refractivity contribution in [3.05, 3.63) is 76.4 Å². The molecule has 2 nitrogen and oxygen atoms in total. The highest BCUT2D eigenvalue weighted by molar-refractivity contribution is 7.92. The van der Waals surface area contributed by atoms with Gasteiger partial charge >= 0.3 is 0 Å². The molecule has 39 heavy (non-hydrogen) atoms. The summed E-state index contributed by atoms with van der Waals surface area (Å²) >= 11 is 0. The van der Waals surface area contributed by atoms with Gasteiger partial charge < -0.3 is 0 Å². The Labute approximate surface area is 240 Å². The molecule has 0 bridgehead atoms. The van der Waals surface area contributed by atoms with Crippen molar-refractivity contribution in [3.63, 3.8) is 0 Å². The Morgan fingerprint density at radius 2 is 1.56 bits per heavy atom. The van der Waals surface area contributed by atoms with Crippen LogP contribution in [0.2, 0.25) is 0 Å². The third-order valence-corrected chi connectivity index (χ3v) is 11.5. The molecular formula is C36H54O2S. The van der Waals surface area contributed by atoms with Crippen LogP contribution in [0.5, 0.6) is 0 Å². The minimum atomic E-state index is -3.50. The minimum Gasteiger partial charge on any atom is -0.223 e. The van der Waals surface area contributed by atoms with Gasteiger partial charge in [0.1, 0.15) is 0 Å². The lowest BCUT2D eigenvalue weighted by Gasteiger charge is -2.52. The molecule has 1 aromatic rings. The Kier molecular flexibility index (Phi) is 10.7. The van der Waals surface area contributed by atoms with Gasteiger partial charge in [0.05, 0.1) is 10.1 Å². The predicted molar refractivity (Wildman–Crippen MR) is 169 cm³/mol. The monoisotopic (exact) mass is 550 g/mol. The zero-order valence-corrected chi connectivity index (χ0v) is 26.9. The van der Waals surface area contributed by atoms with Gasteiger partial charge in [-0.25, -0.2) is 8.42 Å². The standard InChI is InChI=1S/C36H54O2S/c1-27(2)14-12-15-28(3)16-13-17-29(4)24-32(39(37,38)31-18-10-9-11-19-31)25-33-30(5)20-21-36(8)23-22-35(6,7)26-34(33)36/h9-11,14,16,18-19,24,32,34H,12-13,15,17,20-23,25-26H2,1-8H3/b28-16+,29-24+/t32?,34-,36-/m0/s1. The van der Waals surface area contributed by atoms with Crippen molar-refractivity contribution in [2.24, 2.45) is 16.7 Å². The maximum atomic E-state index is 14.1. The number of fused-ring (bicyclic) bond motifs is 1. The largest absolute Gasteiger partial charge is 0.223 e. The van der Waals surface area contributed by atoms with Crippen molar-refractivity contribution < 1.29 is 8.42 Å². The lowest BCUT2D eigenvalue weighted by molar-refractivity contribution is 0.0444. The number of allylic oxidation sites excluding steroid dienone is 7. The molecule has 2 aliphatic carbocycles. The van der Waals surface area contributed by atoms with E-state index in [4.69, 9.17) is 0 Å². The summed E-state index contributed by atoms with van der Waals surface area (Å²) in [4.78, 5) is 0.440. The molecule has 216 valence electrons. The molecule has 1 aromatic carbocycles. The van der Waals surface area contributed by atoms with Crippen molar-refractivity contribution in [2.75, 3.05) is 0 Å². The molecular weight excluding hydrogens is 496 g/mol. The molecule has 0 amide bonds. The van der Waals surface area contributed by atoms with Crippen molar-refractivity contribution in [2.45, 2.75) is 130 Å². The maximum Gasteiger partial charge on any atom is 0.185 e. The molecule has 0 aliphatic heterocycles. The van der Waals surface area contributed by atoms with E-state index in [-0.39, 0.29) is 5.41 Å². The average molecular weight is 551 g/mol. The van der Waals surface area contributed by atoms with E-state index in [0.717, 1.165) is 38.5 Å². The Bertz CT molecular complexity index is 1210. The molecule has 1 fully saturated rings. The summed E-state index contributed by atoms with van der Waals surface area (Å²) in [5.74, 6) is 0.476. The Hall–Kier alpha value is -1.87. The SMILES string of the molecule is CC(C)=CCC/C(C)=C/CC/C(C)=C/C(CC1=C(C)CC[C@@]2(C)CCC(C)(C)C[C@@H]12)S(=O)(=O)c1ccccc1. The zero-order chi connectivity index (χ0) is 28.8. The fraction of sp³-hybridized carbons (Fsp3) is 0.611. The average Bonchev–Trinajstić information content (AvgIpc) is 2.86. The first-order valence-electron chi connectivity index (χ1n) is 15.2. The fourth-order valence-electron chi connectivity index (χ4n) is 6.69. The molecule has 0 spiro atoms. The van der Waals surface area contributed by atoms with E-state index in [0.29, 0.717) is 22.6 Å². The topological polar surface area (TPSA) is 34.1 Å². The summed E-state index contributed by atoms with van der Waals surface area (Å²) in [6.45, 7) is 18.1. The van der Waals surface area contributed by atoms with E-state index in [1.54, 1.807) is 12.1 Å². The van der Waals surface area contributed by atoms with Gasteiger partial charge in [-0.1, -0.05) is 85.1 Å². The van der Waals surface area contributed by atoms with Crippen LogP contribution in [-0.2, 0) is 9.84 Å². The third kappa shape index (κ3) is 8.56. The highest BCUT2D eigenvalue weighted by Crippen LogP contribution is 2.57. The minimum absolute atomic E-state index is 0.290. The quantitative estimate of drug-likeness (QED) is 0.257. The smallest absolute Gasteiger partial charge is 0.185 e. The number of benzene rings is 1. The Morgan fingerprint density at radius 1 is 0.923 bits per heavy atom. The van der Waals surface area contributed by atoms with Crippen LogP contribution in [0, 0.1) is 16.7 Å². The van der Waals surface area contributed by atoms with Gasteiger partial charge in [0.15, 0.2) is 9.84 Å². The second-order valence-electron chi connectivity index (χ2n) is 13.9. The van der Waals surface area contributed by atoms with E-state index in [2.05, 4.69) is 73.6 Å². The molecule has 0 aromatic heterocycles. The molecule has 0 heterocycles. The fourth-order valence-corrected chi connectivity index (χ4v) is 8.38. The second-order valence-corrected chi connectivity index (χ2v) is 16.1. The van der Waals surface area contributed by atoms with Gasteiger partial charge in [-0.2, -0.15) is 0 Å². The van der Waals surface area contributed by atoms with Crippen LogP contribution in [0.3, 0.4) is 0 Å². The van der Waals surface area contributed by atoms with Crippen molar-refractivity contribution in [1.29, 1.82) is 0 Å². The summed E-state index contributed by atoms with van der Waals surface area (Å²) in [7, 11) is -3.50. The Morgan fingerprint density at radius 3 is 2.23 bits per heavy atom. The summed E-state index contributed by atoms with van der Waals surface area (Å²) in [6.07, 6.45) is 17.4. The number of hydrogen-bond donors (Lipinski definition) is 0. The molecule has 0 saturated heterocycles. The number of sulfone groups is 1. The van der Waals surface area contributed by atoms with Crippen molar-refractivity contribution in [1.82, 2.24) is 0 Å². The van der Waals surface area contributed by atoms with Crippen LogP contribution >= 0.6 is 0 Å². The van der Waals surface area contributed by atoms with Crippen molar-refractivity contribution in [3.8, 4) is 0 Å². The number of rotatable bonds is 11. The molecule has 0 N–H and O–H groups in total. The van der Waals surface area contributed by atoms with E-state index < -0.39 is 15.1 Å². The van der Waals surface area contributed by atoms with Crippen LogP contribution in [0.25, 0.3) is 0 Å². The lowest BCUT2D eigenvalue weighted by atomic mass is 9.53. The normalized spacial score (nSPS) is 24.8. The van der Waals surface area contributed by atoms with Gasteiger partial charge in [0.2, 0.25) is 0 Å². The Balaban J connectivity index is 1.88. The zero-order valence-electron chi connectivity index (χ0n) is 26.1. The van der Waals surface area contributed by atoms with E-state index in [1.807, 2.05) is 18.2 Å². The van der Waals surface area contributed by atoms with Gasteiger partial charge in [-0.05, 0) is 128 Å². The lowest BCUT2D eigenvalue weighted by Crippen LogP contribution is -2.42. The van der Waals surface area contributed by atoms with Crippen LogP contribution in [0.15, 0.2) is 81.3 Å². The van der Waals surface area contributed by atoms with Gasteiger partial charge in [0, 0.05) is 0 Å². The van der Waals surface area contributed by atoms with Crippen LogP contribution in [0.1, 0.15) is 120 Å².